The van der Waals surface area contributed by atoms with Crippen LogP contribution in [0.3, 0.4) is 0 Å². The van der Waals surface area contributed by atoms with Gasteiger partial charge in [0.25, 0.3) is 0 Å². The number of carbonyl (C=O) groups excluding carboxylic acids is 2. The highest BCUT2D eigenvalue weighted by molar-refractivity contribution is 6.43. The van der Waals surface area contributed by atoms with E-state index in [1.807, 2.05) is 19.1 Å². The molecule has 2 fully saturated rings. The summed E-state index contributed by atoms with van der Waals surface area (Å²) in [5, 5.41) is 30.1. The molecule has 0 radical (unpaired) electrons. The van der Waals surface area contributed by atoms with Gasteiger partial charge in [0.2, 0.25) is 11.8 Å². The molecule has 2 aliphatic heterocycles. The zero-order valence-corrected chi connectivity index (χ0v) is 17.8. The number of fused-ring (bicyclic) bond motifs is 3. The fourth-order valence-corrected chi connectivity index (χ4v) is 5.40. The van der Waals surface area contributed by atoms with Crippen LogP contribution < -0.4 is 0 Å². The van der Waals surface area contributed by atoms with Gasteiger partial charge < -0.3 is 19.9 Å². The average molecular weight is 425 g/mol. The third-order valence-electron chi connectivity index (χ3n) is 6.80. The normalized spacial score (nSPS) is 28.8. The molecule has 0 bridgehead atoms. The van der Waals surface area contributed by atoms with Gasteiger partial charge in [0.1, 0.15) is 5.75 Å². The van der Waals surface area contributed by atoms with Gasteiger partial charge in [-0.05, 0) is 67.3 Å². The molecule has 2 saturated heterocycles. The van der Waals surface area contributed by atoms with Crippen LogP contribution in [0.1, 0.15) is 31.7 Å². The first-order valence-corrected chi connectivity index (χ1v) is 10.7. The van der Waals surface area contributed by atoms with Gasteiger partial charge in [-0.25, -0.2) is 0 Å². The van der Waals surface area contributed by atoms with Crippen molar-refractivity contribution < 1.29 is 29.5 Å². The molecule has 31 heavy (non-hydrogen) atoms. The van der Waals surface area contributed by atoms with Crippen molar-refractivity contribution in [3.63, 3.8) is 0 Å². The van der Waals surface area contributed by atoms with E-state index in [9.17, 15) is 24.8 Å². The van der Waals surface area contributed by atoms with E-state index in [4.69, 9.17) is 4.65 Å². The quantitative estimate of drug-likeness (QED) is 0.379. The zero-order valence-electron chi connectivity index (χ0n) is 17.8. The van der Waals surface area contributed by atoms with E-state index < -0.39 is 25.1 Å². The van der Waals surface area contributed by atoms with Crippen LogP contribution >= 0.6 is 0 Å². The topological polar surface area (TPSA) is 107 Å². The Kier molecular flexibility index (Phi) is 6.06. The number of phenolic OH excluding ortho intramolecular Hbond substituents is 1. The van der Waals surface area contributed by atoms with E-state index >= 15 is 0 Å². The summed E-state index contributed by atoms with van der Waals surface area (Å²) in [5.41, 5.74) is 3.62. The van der Waals surface area contributed by atoms with Gasteiger partial charge in [0, 0.05) is 7.05 Å². The number of allylic oxidation sites excluding steroid dienone is 1. The van der Waals surface area contributed by atoms with E-state index in [2.05, 4.69) is 0 Å². The summed E-state index contributed by atoms with van der Waals surface area (Å²) in [5.74, 6) is -1.46. The average Bonchev–Trinajstić information content (AvgIpc) is 2.95. The van der Waals surface area contributed by atoms with Crippen molar-refractivity contribution in [2.75, 3.05) is 13.7 Å². The lowest BCUT2D eigenvalue weighted by molar-refractivity contribution is -0.138. The minimum atomic E-state index is -1.01. The predicted molar refractivity (Wildman–Crippen MR) is 116 cm³/mol. The monoisotopic (exact) mass is 425 g/mol. The Bertz CT molecular complexity index is 957. The lowest BCUT2D eigenvalue weighted by Gasteiger charge is -2.42. The second kappa shape index (κ2) is 8.61. The highest BCUT2D eigenvalue weighted by Crippen LogP contribution is 2.50. The predicted octanol–water partition coefficient (Wildman–Crippen LogP) is 1.99. The van der Waals surface area contributed by atoms with Crippen molar-refractivity contribution in [2.45, 2.75) is 38.6 Å². The number of amides is 2. The fraction of sp³-hybridized carbons (Fsp3) is 0.478. The van der Waals surface area contributed by atoms with Gasteiger partial charge in [-0.2, -0.15) is 0 Å². The largest absolute Gasteiger partial charge is 0.508 e. The third kappa shape index (κ3) is 4.07. The first-order valence-electron chi connectivity index (χ1n) is 10.7. The second-order valence-corrected chi connectivity index (χ2v) is 8.83. The Hall–Kier alpha value is -2.42. The zero-order chi connectivity index (χ0) is 22.3. The summed E-state index contributed by atoms with van der Waals surface area (Å²) in [6, 6.07) is 7.00. The molecule has 3 N–H and O–H groups in total. The number of benzene rings is 1. The number of rotatable bonds is 5. The molecule has 8 heteroatoms. The molecule has 7 nitrogen and oxygen atoms in total. The van der Waals surface area contributed by atoms with Gasteiger partial charge in [-0.15, -0.1) is 0 Å². The van der Waals surface area contributed by atoms with E-state index in [1.54, 1.807) is 18.2 Å². The third-order valence-corrected chi connectivity index (χ3v) is 6.80. The van der Waals surface area contributed by atoms with Crippen LogP contribution in [0.2, 0.25) is 6.32 Å². The molecule has 2 amide bonds. The highest BCUT2D eigenvalue weighted by Gasteiger charge is 2.56. The minimum Gasteiger partial charge on any atom is -0.508 e. The van der Waals surface area contributed by atoms with E-state index in [0.717, 1.165) is 22.3 Å². The first-order chi connectivity index (χ1) is 14.8. The molecule has 0 aromatic heterocycles. The van der Waals surface area contributed by atoms with E-state index in [-0.39, 0.29) is 36.4 Å². The maximum atomic E-state index is 12.8. The van der Waals surface area contributed by atoms with Gasteiger partial charge in [0.15, 0.2) is 0 Å². The highest BCUT2D eigenvalue weighted by atomic mass is 16.5. The number of imide groups is 1. The molecule has 1 aromatic carbocycles. The van der Waals surface area contributed by atoms with Crippen LogP contribution in [0, 0.1) is 17.8 Å². The Labute approximate surface area is 182 Å². The molecule has 164 valence electrons. The molecule has 2 heterocycles. The summed E-state index contributed by atoms with van der Waals surface area (Å²) >= 11 is 0. The van der Waals surface area contributed by atoms with Crippen molar-refractivity contribution in [1.82, 2.24) is 4.90 Å². The molecule has 0 spiro atoms. The van der Waals surface area contributed by atoms with Gasteiger partial charge in [0.05, 0.1) is 24.5 Å². The Morgan fingerprint density at radius 2 is 2.06 bits per heavy atom. The maximum absolute atomic E-state index is 12.8. The fourth-order valence-electron chi connectivity index (χ4n) is 5.40. The van der Waals surface area contributed by atoms with Crippen LogP contribution in [-0.4, -0.2) is 58.8 Å². The maximum Gasteiger partial charge on any atom is 0.455 e. The summed E-state index contributed by atoms with van der Waals surface area (Å²) in [6.07, 6.45) is 3.45. The summed E-state index contributed by atoms with van der Waals surface area (Å²) < 4.78 is 5.85. The standard InChI is InChI=1S/C23H28BNO6/c1-13(8-14-4-3-5-16(27)9-14)6-7-19-20-15(12-26)10-17-21(18(20)11-24(30)31-19)23(29)25(2)22(17)28/h3-5,8-9,17-19,21,26-27,30H,6-7,10-12H2,1-2H3/b13-8+/t17-,18+,19-,21-/m1/s1. The summed E-state index contributed by atoms with van der Waals surface area (Å²) in [7, 11) is 0.492. The van der Waals surface area contributed by atoms with Crippen molar-refractivity contribution in [3.8, 4) is 5.75 Å². The van der Waals surface area contributed by atoms with Gasteiger partial charge >= 0.3 is 7.12 Å². The van der Waals surface area contributed by atoms with Crippen molar-refractivity contribution in [3.05, 3.63) is 46.5 Å². The van der Waals surface area contributed by atoms with Gasteiger partial charge in [-0.1, -0.05) is 23.8 Å². The lowest BCUT2D eigenvalue weighted by Crippen LogP contribution is -2.46. The molecule has 0 unspecified atom stereocenters. The number of hydrogen-bond donors (Lipinski definition) is 3. The van der Waals surface area contributed by atoms with Crippen molar-refractivity contribution in [2.24, 2.45) is 17.8 Å². The van der Waals surface area contributed by atoms with Crippen LogP contribution in [0.15, 0.2) is 41.0 Å². The molecule has 4 atom stereocenters. The van der Waals surface area contributed by atoms with Crippen LogP contribution in [0.4, 0.5) is 0 Å². The molecule has 0 saturated carbocycles. The summed E-state index contributed by atoms with van der Waals surface area (Å²) in [6.45, 7) is 1.81. The van der Waals surface area contributed by atoms with E-state index in [0.29, 0.717) is 19.3 Å². The molecular weight excluding hydrogens is 397 g/mol. The number of carbonyl (C=O) groups is 2. The number of phenols is 1. The molecule has 1 aromatic rings. The van der Waals surface area contributed by atoms with Crippen molar-refractivity contribution in [1.29, 1.82) is 0 Å². The number of aromatic hydroxyl groups is 1. The van der Waals surface area contributed by atoms with Gasteiger partial charge in [-0.3, -0.25) is 14.5 Å². The molecule has 3 aliphatic rings. The first kappa shape index (κ1) is 21.8. The molecular formula is C23H28BNO6. The Morgan fingerprint density at radius 3 is 2.77 bits per heavy atom. The number of aliphatic hydroxyl groups excluding tert-OH is 1. The van der Waals surface area contributed by atoms with Crippen LogP contribution in [-0.2, 0) is 14.2 Å². The SMILES string of the molecule is C/C(=C\c1cccc(O)c1)CC[C@H]1OB(O)C[C@H]2C1=C(CO)C[C@H]1C(=O)N(C)C(=O)[C@H]12. The summed E-state index contributed by atoms with van der Waals surface area (Å²) in [4.78, 5) is 26.5. The van der Waals surface area contributed by atoms with Crippen LogP contribution in [0.25, 0.3) is 6.08 Å². The second-order valence-electron chi connectivity index (χ2n) is 8.83. The van der Waals surface area contributed by atoms with E-state index in [1.165, 1.54) is 11.9 Å². The Balaban J connectivity index is 1.57. The smallest absolute Gasteiger partial charge is 0.455 e. The molecule has 1 aliphatic carbocycles. The number of aliphatic hydroxyl groups is 1. The number of nitrogens with zero attached hydrogens (tertiary/aromatic N) is 1. The molecule has 4 rings (SSSR count). The lowest BCUT2D eigenvalue weighted by atomic mass is 9.58. The Morgan fingerprint density at radius 1 is 1.29 bits per heavy atom. The minimum absolute atomic E-state index is 0.186. The van der Waals surface area contributed by atoms with Crippen LogP contribution in [0.5, 0.6) is 5.75 Å². The number of hydrogen-bond acceptors (Lipinski definition) is 6. The number of likely N-dealkylation sites (tertiary alicyclic amines) is 1. The van der Waals surface area contributed by atoms with Crippen molar-refractivity contribution >= 4 is 25.0 Å².